The van der Waals surface area contributed by atoms with Gasteiger partial charge >= 0.3 is 0 Å². The summed E-state index contributed by atoms with van der Waals surface area (Å²) in [7, 11) is 0. The molecular weight excluding hydrogens is 128 g/mol. The summed E-state index contributed by atoms with van der Waals surface area (Å²) in [6, 6.07) is 2.28. The van der Waals surface area contributed by atoms with Crippen molar-refractivity contribution in [1.82, 2.24) is 5.16 Å². The molecule has 2 atom stereocenters. The van der Waals surface area contributed by atoms with Gasteiger partial charge in [0.15, 0.2) is 0 Å². The van der Waals surface area contributed by atoms with Gasteiger partial charge in [0.05, 0.1) is 5.69 Å². The van der Waals surface area contributed by atoms with Crippen molar-refractivity contribution >= 4 is 0 Å². The number of aryl methyl sites for hydroxylation is 1. The van der Waals surface area contributed by atoms with E-state index in [4.69, 9.17) is 10.3 Å². The molecule has 0 bridgehead atoms. The molecule has 1 heterocycles. The minimum atomic E-state index is 0.324. The highest BCUT2D eigenvalue weighted by molar-refractivity contribution is 5.19. The zero-order valence-corrected chi connectivity index (χ0v) is 5.87. The number of nitrogens with two attached hydrogens (primary N) is 1. The highest BCUT2D eigenvalue weighted by atomic mass is 16.5. The maximum atomic E-state index is 5.63. The normalized spacial score (nSPS) is 30.6. The third-order valence-electron chi connectivity index (χ3n) is 1.87. The molecule has 0 aromatic carbocycles. The van der Waals surface area contributed by atoms with Gasteiger partial charge in [-0.2, -0.15) is 0 Å². The minimum Gasteiger partial charge on any atom is -0.361 e. The lowest BCUT2D eigenvalue weighted by Crippen LogP contribution is -2.00. The Morgan fingerprint density at radius 1 is 1.80 bits per heavy atom. The zero-order chi connectivity index (χ0) is 7.14. The molecule has 0 unspecified atom stereocenters. The number of hydrogen-bond acceptors (Lipinski definition) is 3. The lowest BCUT2D eigenvalue weighted by Gasteiger charge is -1.83. The molecule has 1 aromatic rings. The summed E-state index contributed by atoms with van der Waals surface area (Å²) in [6.07, 6.45) is 1.06. The van der Waals surface area contributed by atoms with Crippen molar-refractivity contribution in [2.75, 3.05) is 0 Å². The Morgan fingerprint density at radius 3 is 2.90 bits per heavy atom. The van der Waals surface area contributed by atoms with Crippen molar-refractivity contribution in [2.45, 2.75) is 25.3 Å². The molecule has 1 aliphatic rings. The molecular formula is C7H10N2O. The van der Waals surface area contributed by atoms with Crippen LogP contribution < -0.4 is 5.73 Å². The second kappa shape index (κ2) is 1.83. The zero-order valence-electron chi connectivity index (χ0n) is 5.87. The van der Waals surface area contributed by atoms with Crippen LogP contribution in [0.15, 0.2) is 10.6 Å². The van der Waals surface area contributed by atoms with Crippen molar-refractivity contribution < 1.29 is 4.52 Å². The first kappa shape index (κ1) is 5.92. The first-order chi connectivity index (χ1) is 4.77. The first-order valence-corrected chi connectivity index (χ1v) is 3.46. The van der Waals surface area contributed by atoms with Crippen LogP contribution >= 0.6 is 0 Å². The summed E-state index contributed by atoms with van der Waals surface area (Å²) in [5, 5.41) is 3.87. The minimum absolute atomic E-state index is 0.324. The van der Waals surface area contributed by atoms with Crippen molar-refractivity contribution in [2.24, 2.45) is 5.73 Å². The molecule has 0 saturated heterocycles. The summed E-state index contributed by atoms with van der Waals surface area (Å²) >= 11 is 0. The van der Waals surface area contributed by atoms with Crippen molar-refractivity contribution in [3.63, 3.8) is 0 Å². The van der Waals surface area contributed by atoms with Crippen LogP contribution in [0.4, 0.5) is 0 Å². The Kier molecular flexibility index (Phi) is 1.08. The Hall–Kier alpha value is -0.830. The van der Waals surface area contributed by atoms with Crippen LogP contribution in [-0.4, -0.2) is 11.2 Å². The second-order valence-corrected chi connectivity index (χ2v) is 2.87. The highest BCUT2D eigenvalue weighted by Crippen LogP contribution is 2.38. The van der Waals surface area contributed by atoms with Crippen molar-refractivity contribution in [1.29, 1.82) is 0 Å². The van der Waals surface area contributed by atoms with E-state index in [0.29, 0.717) is 12.0 Å². The molecule has 54 valence electrons. The summed E-state index contributed by atoms with van der Waals surface area (Å²) < 4.78 is 4.91. The number of rotatable bonds is 1. The van der Waals surface area contributed by atoms with Gasteiger partial charge < -0.3 is 10.3 Å². The van der Waals surface area contributed by atoms with Gasteiger partial charge in [0.1, 0.15) is 5.76 Å². The average molecular weight is 138 g/mol. The van der Waals surface area contributed by atoms with Crippen LogP contribution in [0.5, 0.6) is 0 Å². The topological polar surface area (TPSA) is 52.0 Å². The highest BCUT2D eigenvalue weighted by Gasteiger charge is 2.37. The summed E-state index contributed by atoms with van der Waals surface area (Å²) in [6.45, 7) is 1.89. The first-order valence-electron chi connectivity index (χ1n) is 3.46. The number of aromatic nitrogens is 1. The van der Waals surface area contributed by atoms with E-state index in [1.165, 1.54) is 0 Å². The predicted octanol–water partition coefficient (Wildman–Crippen LogP) is 0.798. The van der Waals surface area contributed by atoms with Gasteiger partial charge in [-0.25, -0.2) is 0 Å². The Balaban J connectivity index is 2.20. The van der Waals surface area contributed by atoms with E-state index in [9.17, 15) is 0 Å². The van der Waals surface area contributed by atoms with E-state index in [1.807, 2.05) is 13.0 Å². The van der Waals surface area contributed by atoms with E-state index < -0.39 is 0 Å². The summed E-state index contributed by atoms with van der Waals surface area (Å²) in [5.74, 6) is 1.34. The third-order valence-corrected chi connectivity index (χ3v) is 1.87. The fraction of sp³-hybridized carbons (Fsp3) is 0.571. The standard InChI is InChI=1S/C7H10N2O/c1-4-2-7(9-10-4)5-3-6(5)8/h2,5-6H,3,8H2,1H3/t5-,6-/m1/s1. The molecule has 1 aliphatic carbocycles. The van der Waals surface area contributed by atoms with E-state index >= 15 is 0 Å². The largest absolute Gasteiger partial charge is 0.361 e. The van der Waals surface area contributed by atoms with Crippen molar-refractivity contribution in [3.8, 4) is 0 Å². The fourth-order valence-electron chi connectivity index (χ4n) is 1.12. The maximum absolute atomic E-state index is 5.63. The quantitative estimate of drug-likeness (QED) is 0.624. The molecule has 0 amide bonds. The van der Waals surface area contributed by atoms with Gasteiger partial charge in [-0.05, 0) is 13.3 Å². The fourth-order valence-corrected chi connectivity index (χ4v) is 1.12. The third kappa shape index (κ3) is 0.827. The van der Waals surface area contributed by atoms with Crippen LogP contribution in [0.2, 0.25) is 0 Å². The molecule has 3 heteroatoms. The molecule has 10 heavy (non-hydrogen) atoms. The Morgan fingerprint density at radius 2 is 2.50 bits per heavy atom. The molecule has 0 radical (unpaired) electrons. The van der Waals surface area contributed by atoms with Gasteiger partial charge in [-0.3, -0.25) is 0 Å². The number of nitrogens with zero attached hydrogens (tertiary/aromatic N) is 1. The smallest absolute Gasteiger partial charge is 0.133 e. The molecule has 1 saturated carbocycles. The summed E-state index contributed by atoms with van der Waals surface area (Å²) in [5.41, 5.74) is 6.64. The van der Waals surface area contributed by atoms with E-state index in [0.717, 1.165) is 17.9 Å². The van der Waals surface area contributed by atoms with Crippen LogP contribution in [-0.2, 0) is 0 Å². The molecule has 2 rings (SSSR count). The van der Waals surface area contributed by atoms with Crippen molar-refractivity contribution in [3.05, 3.63) is 17.5 Å². The Labute approximate surface area is 59.2 Å². The van der Waals surface area contributed by atoms with Crippen LogP contribution in [0.25, 0.3) is 0 Å². The SMILES string of the molecule is Cc1cc([C@@H]2C[C@H]2N)no1. The molecule has 2 N–H and O–H groups in total. The molecule has 3 nitrogen and oxygen atoms in total. The van der Waals surface area contributed by atoms with Gasteiger partial charge in [-0.1, -0.05) is 5.16 Å². The van der Waals surface area contributed by atoms with Crippen LogP contribution in [0.3, 0.4) is 0 Å². The predicted molar refractivity (Wildman–Crippen MR) is 36.6 cm³/mol. The molecule has 1 fully saturated rings. The average Bonchev–Trinajstić information content (AvgIpc) is 2.42. The monoisotopic (exact) mass is 138 g/mol. The van der Waals surface area contributed by atoms with E-state index in [1.54, 1.807) is 0 Å². The molecule has 0 aliphatic heterocycles. The lowest BCUT2D eigenvalue weighted by molar-refractivity contribution is 0.390. The van der Waals surface area contributed by atoms with E-state index in [2.05, 4.69) is 5.16 Å². The van der Waals surface area contributed by atoms with Gasteiger partial charge in [-0.15, -0.1) is 0 Å². The number of hydrogen-bond donors (Lipinski definition) is 1. The van der Waals surface area contributed by atoms with Crippen LogP contribution in [0, 0.1) is 6.92 Å². The molecule has 1 aromatic heterocycles. The van der Waals surface area contributed by atoms with E-state index in [-0.39, 0.29) is 0 Å². The maximum Gasteiger partial charge on any atom is 0.133 e. The second-order valence-electron chi connectivity index (χ2n) is 2.87. The van der Waals surface area contributed by atoms with Gasteiger partial charge in [0.25, 0.3) is 0 Å². The summed E-state index contributed by atoms with van der Waals surface area (Å²) in [4.78, 5) is 0. The molecule has 0 spiro atoms. The Bertz CT molecular complexity index is 244. The van der Waals surface area contributed by atoms with Crippen LogP contribution in [0.1, 0.15) is 23.8 Å². The van der Waals surface area contributed by atoms with Gasteiger partial charge in [0.2, 0.25) is 0 Å². The lowest BCUT2D eigenvalue weighted by atomic mass is 10.3. The van der Waals surface area contributed by atoms with Gasteiger partial charge in [0, 0.05) is 18.0 Å².